The zero-order valence-corrected chi connectivity index (χ0v) is 16.7. The van der Waals surface area contributed by atoms with Crippen molar-refractivity contribution in [3.63, 3.8) is 0 Å². The van der Waals surface area contributed by atoms with Crippen molar-refractivity contribution in [2.24, 2.45) is 0 Å². The summed E-state index contributed by atoms with van der Waals surface area (Å²) in [7, 11) is 0. The molecule has 1 N–H and O–H groups in total. The average molecular weight is 390 g/mol. The van der Waals surface area contributed by atoms with E-state index in [4.69, 9.17) is 17.5 Å². The van der Waals surface area contributed by atoms with Crippen LogP contribution >= 0.6 is 12.2 Å². The van der Waals surface area contributed by atoms with Crippen molar-refractivity contribution in [3.05, 3.63) is 81.9 Å². The van der Waals surface area contributed by atoms with E-state index >= 15 is 0 Å². The predicted octanol–water partition coefficient (Wildman–Crippen LogP) is 4.85. The SMILES string of the molecule is CCCN(Cc1ccc(C#N)cc1)Cn1[nH]c(C=Cc2ccccc2)nc1=S. The summed E-state index contributed by atoms with van der Waals surface area (Å²) in [6.07, 6.45) is 4.99. The molecule has 5 nitrogen and oxygen atoms in total. The summed E-state index contributed by atoms with van der Waals surface area (Å²) in [6, 6.07) is 20.0. The van der Waals surface area contributed by atoms with Crippen LogP contribution in [0.2, 0.25) is 0 Å². The fourth-order valence-electron chi connectivity index (χ4n) is 2.94. The van der Waals surface area contributed by atoms with Crippen LogP contribution in [0.1, 0.15) is 35.9 Å². The molecule has 1 heterocycles. The molecule has 0 fully saturated rings. The van der Waals surface area contributed by atoms with Gasteiger partial charge in [0.25, 0.3) is 0 Å². The van der Waals surface area contributed by atoms with Crippen LogP contribution in [-0.4, -0.2) is 26.2 Å². The topological polar surface area (TPSA) is 60.6 Å². The van der Waals surface area contributed by atoms with Crippen molar-refractivity contribution in [1.29, 1.82) is 5.26 Å². The number of rotatable bonds is 8. The van der Waals surface area contributed by atoms with Gasteiger partial charge in [-0.15, -0.1) is 0 Å². The summed E-state index contributed by atoms with van der Waals surface area (Å²) in [5, 5.41) is 12.2. The number of aromatic amines is 1. The van der Waals surface area contributed by atoms with E-state index in [1.165, 1.54) is 5.56 Å². The van der Waals surface area contributed by atoms with Crippen LogP contribution in [0, 0.1) is 16.1 Å². The van der Waals surface area contributed by atoms with Crippen molar-refractivity contribution in [2.75, 3.05) is 6.54 Å². The van der Waals surface area contributed by atoms with Crippen LogP contribution in [0.15, 0.2) is 54.6 Å². The lowest BCUT2D eigenvalue weighted by Crippen LogP contribution is -2.27. The first kappa shape index (κ1) is 19.7. The molecule has 0 unspecified atom stereocenters. The van der Waals surface area contributed by atoms with E-state index in [0.717, 1.165) is 30.9 Å². The van der Waals surface area contributed by atoms with Crippen LogP contribution in [0.4, 0.5) is 0 Å². The Morgan fingerprint density at radius 2 is 1.89 bits per heavy atom. The first-order valence-corrected chi connectivity index (χ1v) is 9.70. The van der Waals surface area contributed by atoms with Gasteiger partial charge in [0.1, 0.15) is 5.82 Å². The zero-order chi connectivity index (χ0) is 19.8. The van der Waals surface area contributed by atoms with Crippen molar-refractivity contribution >= 4 is 24.4 Å². The predicted molar refractivity (Wildman–Crippen MR) is 115 cm³/mol. The van der Waals surface area contributed by atoms with Crippen molar-refractivity contribution in [1.82, 2.24) is 19.7 Å². The van der Waals surface area contributed by atoms with Gasteiger partial charge in [-0.05, 0) is 54.5 Å². The van der Waals surface area contributed by atoms with E-state index in [-0.39, 0.29) is 0 Å². The molecule has 0 atom stereocenters. The van der Waals surface area contributed by atoms with Crippen molar-refractivity contribution < 1.29 is 0 Å². The number of nitrogens with one attached hydrogen (secondary N) is 1. The van der Waals surface area contributed by atoms with Crippen LogP contribution < -0.4 is 0 Å². The molecule has 0 saturated carbocycles. The highest BCUT2D eigenvalue weighted by Crippen LogP contribution is 2.10. The van der Waals surface area contributed by atoms with Gasteiger partial charge < -0.3 is 0 Å². The lowest BCUT2D eigenvalue weighted by atomic mass is 10.1. The Hall–Kier alpha value is -3.01. The minimum Gasteiger partial charge on any atom is -0.280 e. The summed E-state index contributed by atoms with van der Waals surface area (Å²) >= 11 is 5.43. The second-order valence-electron chi connectivity index (χ2n) is 6.57. The molecule has 0 radical (unpaired) electrons. The molecule has 3 rings (SSSR count). The highest BCUT2D eigenvalue weighted by molar-refractivity contribution is 7.71. The number of H-pyrrole nitrogens is 1. The second-order valence-corrected chi connectivity index (χ2v) is 6.93. The Labute approximate surface area is 170 Å². The minimum absolute atomic E-state index is 0.536. The summed E-state index contributed by atoms with van der Waals surface area (Å²) in [4.78, 5) is 6.75. The third kappa shape index (κ3) is 5.49. The molecule has 0 amide bonds. The van der Waals surface area contributed by atoms with Gasteiger partial charge >= 0.3 is 0 Å². The smallest absolute Gasteiger partial charge is 0.217 e. The quantitative estimate of drug-likeness (QED) is 0.559. The van der Waals surface area contributed by atoms with Gasteiger partial charge in [-0.2, -0.15) is 10.2 Å². The maximum atomic E-state index is 8.95. The van der Waals surface area contributed by atoms with Crippen LogP contribution in [0.3, 0.4) is 0 Å². The first-order chi connectivity index (χ1) is 13.7. The molecule has 6 heteroatoms. The van der Waals surface area contributed by atoms with Gasteiger partial charge in [-0.1, -0.05) is 55.5 Å². The maximum absolute atomic E-state index is 8.95. The molecule has 0 saturated heterocycles. The average Bonchev–Trinajstić information content (AvgIpc) is 3.07. The molecular formula is C22H23N5S. The third-order valence-corrected chi connectivity index (χ3v) is 4.61. The van der Waals surface area contributed by atoms with E-state index in [9.17, 15) is 0 Å². The van der Waals surface area contributed by atoms with E-state index in [1.807, 2.05) is 71.4 Å². The summed E-state index contributed by atoms with van der Waals surface area (Å²) in [6.45, 7) is 4.52. The summed E-state index contributed by atoms with van der Waals surface area (Å²) in [5.74, 6) is 0.740. The van der Waals surface area contributed by atoms with Gasteiger partial charge in [0, 0.05) is 6.54 Å². The molecule has 3 aromatic rings. The van der Waals surface area contributed by atoms with Gasteiger partial charge in [0.2, 0.25) is 4.77 Å². The highest BCUT2D eigenvalue weighted by atomic mass is 32.1. The van der Waals surface area contributed by atoms with Gasteiger partial charge in [-0.3, -0.25) is 10.00 Å². The van der Waals surface area contributed by atoms with E-state index in [2.05, 4.69) is 28.0 Å². The minimum atomic E-state index is 0.536. The molecule has 142 valence electrons. The Kier molecular flexibility index (Phi) is 6.90. The molecule has 2 aromatic carbocycles. The number of hydrogen-bond acceptors (Lipinski definition) is 4. The fourth-order valence-corrected chi connectivity index (χ4v) is 3.14. The van der Waals surface area contributed by atoms with E-state index in [0.29, 0.717) is 17.0 Å². The highest BCUT2D eigenvalue weighted by Gasteiger charge is 2.08. The van der Waals surface area contributed by atoms with Crippen molar-refractivity contribution in [2.45, 2.75) is 26.6 Å². The Morgan fingerprint density at radius 3 is 2.57 bits per heavy atom. The molecule has 1 aromatic heterocycles. The van der Waals surface area contributed by atoms with Crippen LogP contribution in [0.25, 0.3) is 12.2 Å². The number of benzene rings is 2. The van der Waals surface area contributed by atoms with E-state index < -0.39 is 0 Å². The first-order valence-electron chi connectivity index (χ1n) is 9.29. The molecule has 0 spiro atoms. The molecule has 0 aliphatic heterocycles. The fraction of sp³-hybridized carbons (Fsp3) is 0.227. The standard InChI is InChI=1S/C22H23N5S/c1-2-14-26(16-20-10-8-19(15-23)9-11-20)17-27-22(28)24-21(25-27)13-12-18-6-4-3-5-7-18/h3-13H,2,14,16-17H2,1H3,(H,24,25,28). The maximum Gasteiger partial charge on any atom is 0.217 e. The third-order valence-electron chi connectivity index (χ3n) is 4.30. The number of nitrogens with zero attached hydrogens (tertiary/aromatic N) is 4. The lowest BCUT2D eigenvalue weighted by Gasteiger charge is -2.21. The summed E-state index contributed by atoms with van der Waals surface area (Å²) < 4.78 is 2.42. The molecule has 0 bridgehead atoms. The molecular weight excluding hydrogens is 366 g/mol. The van der Waals surface area contributed by atoms with Gasteiger partial charge in [-0.25, -0.2) is 4.68 Å². The zero-order valence-electron chi connectivity index (χ0n) is 15.9. The normalized spacial score (nSPS) is 11.2. The van der Waals surface area contributed by atoms with Crippen LogP contribution in [0.5, 0.6) is 0 Å². The van der Waals surface area contributed by atoms with E-state index in [1.54, 1.807) is 0 Å². The van der Waals surface area contributed by atoms with Crippen molar-refractivity contribution in [3.8, 4) is 6.07 Å². The lowest BCUT2D eigenvalue weighted by molar-refractivity contribution is 0.197. The molecule has 0 aliphatic carbocycles. The molecule has 0 aliphatic rings. The number of nitriles is 1. The monoisotopic (exact) mass is 389 g/mol. The van der Waals surface area contributed by atoms with Gasteiger partial charge in [0.05, 0.1) is 18.3 Å². The summed E-state index contributed by atoms with van der Waals surface area (Å²) in [5.41, 5.74) is 2.96. The largest absolute Gasteiger partial charge is 0.280 e. The Bertz CT molecular complexity index is 1010. The van der Waals surface area contributed by atoms with Gasteiger partial charge in [0.15, 0.2) is 0 Å². The van der Waals surface area contributed by atoms with Crippen LogP contribution in [-0.2, 0) is 13.2 Å². The Balaban J connectivity index is 1.70. The Morgan fingerprint density at radius 1 is 1.14 bits per heavy atom. The second kappa shape index (κ2) is 9.79. The molecule has 28 heavy (non-hydrogen) atoms. The number of aromatic nitrogens is 3. The number of hydrogen-bond donors (Lipinski definition) is 1.